The second-order valence-electron chi connectivity index (χ2n) is 18.4. The first-order chi connectivity index (χ1) is 30.6. The lowest BCUT2D eigenvalue weighted by Gasteiger charge is -2.39. The molecule has 0 bridgehead atoms. The third-order valence-corrected chi connectivity index (χ3v) is 13.6. The molecular formula is C48H59F2N7O7. The van der Waals surface area contributed by atoms with Gasteiger partial charge in [0.05, 0.1) is 50.5 Å². The van der Waals surface area contributed by atoms with E-state index >= 15 is 0 Å². The lowest BCUT2D eigenvalue weighted by Crippen LogP contribution is -2.54. The molecule has 14 nitrogen and oxygen atoms in total. The van der Waals surface area contributed by atoms with Gasteiger partial charge in [0.2, 0.25) is 5.91 Å². The van der Waals surface area contributed by atoms with Crippen molar-refractivity contribution in [3.63, 3.8) is 0 Å². The van der Waals surface area contributed by atoms with Crippen molar-refractivity contribution in [3.8, 4) is 28.1 Å². The van der Waals surface area contributed by atoms with Crippen LogP contribution < -0.4 is 15.4 Å². The van der Waals surface area contributed by atoms with Crippen LogP contribution in [0.3, 0.4) is 0 Å². The van der Waals surface area contributed by atoms with Crippen LogP contribution in [0.25, 0.3) is 33.2 Å². The van der Waals surface area contributed by atoms with Crippen LogP contribution in [0.2, 0.25) is 0 Å². The monoisotopic (exact) mass is 883 g/mol. The maximum atomic E-state index is 14.1. The molecule has 3 aromatic carbocycles. The van der Waals surface area contributed by atoms with Gasteiger partial charge in [-0.1, -0.05) is 45.9 Å². The van der Waals surface area contributed by atoms with E-state index in [4.69, 9.17) is 28.9 Å². The fraction of sp³-hybridized carbons (Fsp3) is 0.521. The number of aromatic nitrogens is 2. The molecule has 342 valence electrons. The third kappa shape index (κ3) is 8.78. The number of benzene rings is 3. The van der Waals surface area contributed by atoms with Crippen molar-refractivity contribution in [2.45, 2.75) is 117 Å². The average molecular weight is 884 g/mol. The Bertz CT molecular complexity index is 2440. The number of amides is 3. The highest BCUT2D eigenvalue weighted by molar-refractivity contribution is 6.06. The number of nitrogens with one attached hydrogen (secondary N) is 3. The highest BCUT2D eigenvalue weighted by Crippen LogP contribution is 2.45. The van der Waals surface area contributed by atoms with E-state index < -0.39 is 30.9 Å². The number of halogens is 2. The molecule has 16 heteroatoms. The molecule has 4 aliphatic rings. The lowest BCUT2D eigenvalue weighted by atomic mass is 9.90. The predicted octanol–water partition coefficient (Wildman–Crippen LogP) is 8.55. The normalized spacial score (nSPS) is 21.9. The molecule has 4 aromatic rings. The van der Waals surface area contributed by atoms with E-state index in [0.29, 0.717) is 25.5 Å². The first-order valence-corrected chi connectivity index (χ1v) is 22.3. The highest BCUT2D eigenvalue weighted by Gasteiger charge is 2.44. The number of aromatic amines is 1. The Morgan fingerprint density at radius 3 is 2.42 bits per heavy atom. The SMILES string of the molecule is COC(=O)N[C@@H](C(C)C)C(C)N1[C@@H](C)CC[C@H]1c1ncc(-c2ccc3c(c2)COc2cc4c5c(ccc4cc2-3)N=C([C@@H]2C[C@H](COC(F)F)CN2C(=O)[C@@H](NC(=O)OC)C(C)C)C5)[nH]1. The van der Waals surface area contributed by atoms with Gasteiger partial charge in [-0.05, 0) is 102 Å². The maximum absolute atomic E-state index is 14.1. The van der Waals surface area contributed by atoms with Crippen molar-refractivity contribution in [3.05, 3.63) is 65.6 Å². The standard InChI is InChI=1S/C48H59F2N7O7/c1-24(2)42(54-47(59)61-7)27(6)57-26(5)9-14-39(57)44-51-20-38(53-44)30-10-12-32-31(16-30)23-63-41-19-33-29(17-35(32)41)11-13-36-34(33)18-37(52-36)40-15-28(22-64-46(49)50)21-56(40)45(58)43(25(3)4)55-48(60)62-8/h10-13,16-17,19-20,24-28,39-40,42-43,46H,9,14-15,18,21-23H2,1-8H3,(H,51,53)(H,54,59)(H,55,60)/t26-,27?,28-,39-,40-,42-,43-/m0/s1. The van der Waals surface area contributed by atoms with Gasteiger partial charge in [0.1, 0.15) is 24.2 Å². The average Bonchev–Trinajstić information content (AvgIpc) is 4.10. The number of carbonyl (C=O) groups is 3. The summed E-state index contributed by atoms with van der Waals surface area (Å²) in [6.07, 6.45) is 3.58. The number of hydrogen-bond acceptors (Lipinski definition) is 10. The Morgan fingerprint density at radius 2 is 1.70 bits per heavy atom. The zero-order chi connectivity index (χ0) is 45.6. The van der Waals surface area contributed by atoms with E-state index in [1.54, 1.807) is 4.90 Å². The van der Waals surface area contributed by atoms with Gasteiger partial charge in [-0.3, -0.25) is 14.7 Å². The molecule has 8 rings (SSSR count). The van der Waals surface area contributed by atoms with E-state index in [0.717, 1.165) is 80.1 Å². The largest absolute Gasteiger partial charge is 0.488 e. The number of alkyl carbamates (subject to hydrolysis) is 2. The number of aliphatic imine (C=N–C) groups is 1. The summed E-state index contributed by atoms with van der Waals surface area (Å²) in [6, 6.07) is 13.7. The number of hydrogen-bond donors (Lipinski definition) is 3. The summed E-state index contributed by atoms with van der Waals surface area (Å²) < 4.78 is 47.2. The molecule has 3 amide bonds. The number of methoxy groups -OCH3 is 2. The zero-order valence-corrected chi connectivity index (χ0v) is 37.7. The van der Waals surface area contributed by atoms with Gasteiger partial charge in [-0.2, -0.15) is 8.78 Å². The molecule has 4 aliphatic heterocycles. The van der Waals surface area contributed by atoms with Gasteiger partial charge in [0, 0.05) is 48.3 Å². The molecule has 64 heavy (non-hydrogen) atoms. The number of alkyl halides is 2. The molecule has 1 unspecified atom stereocenters. The summed E-state index contributed by atoms with van der Waals surface area (Å²) in [4.78, 5) is 56.3. The number of fused-ring (bicyclic) bond motifs is 6. The van der Waals surface area contributed by atoms with Gasteiger partial charge in [0.25, 0.3) is 0 Å². The lowest BCUT2D eigenvalue weighted by molar-refractivity contribution is -0.139. The van der Waals surface area contributed by atoms with Crippen molar-refractivity contribution in [1.29, 1.82) is 0 Å². The summed E-state index contributed by atoms with van der Waals surface area (Å²) >= 11 is 0. The third-order valence-electron chi connectivity index (χ3n) is 13.6. The first-order valence-electron chi connectivity index (χ1n) is 22.3. The zero-order valence-electron chi connectivity index (χ0n) is 37.7. The van der Waals surface area contributed by atoms with Crippen LogP contribution in [0, 0.1) is 17.8 Å². The highest BCUT2D eigenvalue weighted by atomic mass is 19.3. The number of likely N-dealkylation sites (tertiary alicyclic amines) is 2. The number of H-pyrrole nitrogens is 1. The molecule has 2 fully saturated rings. The van der Waals surface area contributed by atoms with Crippen LogP contribution in [-0.4, -0.2) is 108 Å². The quantitative estimate of drug-likeness (QED) is 0.120. The van der Waals surface area contributed by atoms with Gasteiger partial charge in [-0.25, -0.2) is 14.6 Å². The molecule has 3 N–H and O–H groups in total. The summed E-state index contributed by atoms with van der Waals surface area (Å²) in [7, 11) is 2.63. The summed E-state index contributed by atoms with van der Waals surface area (Å²) in [6.45, 7) is 9.73. The van der Waals surface area contributed by atoms with Crippen LogP contribution in [-0.2, 0) is 32.0 Å². The van der Waals surface area contributed by atoms with Crippen molar-refractivity contribution in [1.82, 2.24) is 30.4 Å². The van der Waals surface area contributed by atoms with E-state index in [1.807, 2.05) is 32.2 Å². The van der Waals surface area contributed by atoms with Crippen LogP contribution in [0.15, 0.2) is 53.7 Å². The number of carbonyl (C=O) groups excluding carboxylic acids is 3. The van der Waals surface area contributed by atoms with E-state index in [-0.39, 0.29) is 54.9 Å². The van der Waals surface area contributed by atoms with Crippen LogP contribution in [0.1, 0.15) is 83.8 Å². The minimum atomic E-state index is -2.92. The Labute approximate surface area is 372 Å². The second-order valence-corrected chi connectivity index (χ2v) is 18.4. The van der Waals surface area contributed by atoms with Gasteiger partial charge >= 0.3 is 18.8 Å². The predicted molar refractivity (Wildman–Crippen MR) is 239 cm³/mol. The van der Waals surface area contributed by atoms with Crippen LogP contribution >= 0.6 is 0 Å². The van der Waals surface area contributed by atoms with E-state index in [2.05, 4.69) is 78.5 Å². The number of nitrogens with zero attached hydrogens (tertiary/aromatic N) is 4. The summed E-state index contributed by atoms with van der Waals surface area (Å²) in [5.74, 6) is 0.945. The smallest absolute Gasteiger partial charge is 0.407 e. The van der Waals surface area contributed by atoms with Gasteiger partial charge in [-0.15, -0.1) is 0 Å². The Hall–Kier alpha value is -5.61. The molecule has 5 heterocycles. The van der Waals surface area contributed by atoms with Crippen LogP contribution in [0.4, 0.5) is 24.1 Å². The maximum Gasteiger partial charge on any atom is 0.407 e. The minimum Gasteiger partial charge on any atom is -0.488 e. The van der Waals surface area contributed by atoms with E-state index in [1.165, 1.54) is 14.2 Å². The first kappa shape index (κ1) is 45.0. The van der Waals surface area contributed by atoms with Crippen molar-refractivity contribution >= 4 is 40.3 Å². The van der Waals surface area contributed by atoms with Gasteiger partial charge < -0.3 is 39.5 Å². The van der Waals surface area contributed by atoms with E-state index in [9.17, 15) is 23.2 Å². The Morgan fingerprint density at radius 1 is 0.938 bits per heavy atom. The summed E-state index contributed by atoms with van der Waals surface area (Å²) in [5.41, 5.74) is 7.62. The molecule has 0 spiro atoms. The van der Waals surface area contributed by atoms with Crippen molar-refractivity contribution in [2.24, 2.45) is 22.7 Å². The molecule has 0 radical (unpaired) electrons. The fourth-order valence-electron chi connectivity index (χ4n) is 10.4. The Balaban J connectivity index is 1.02. The topological polar surface area (TPSA) is 160 Å². The number of rotatable bonds is 13. The minimum absolute atomic E-state index is 0.0483. The number of ether oxygens (including phenoxy) is 4. The summed E-state index contributed by atoms with van der Waals surface area (Å²) in [5, 5.41) is 7.73. The van der Waals surface area contributed by atoms with Gasteiger partial charge in [0.15, 0.2) is 0 Å². The Kier molecular flexibility index (Phi) is 13.0. The molecule has 0 saturated carbocycles. The van der Waals surface area contributed by atoms with Crippen molar-refractivity contribution < 1.29 is 42.1 Å². The van der Waals surface area contributed by atoms with Crippen LogP contribution in [0.5, 0.6) is 5.75 Å². The number of imidazole rings is 1. The molecule has 1 aromatic heterocycles. The molecule has 2 saturated heterocycles. The molecule has 0 aliphatic carbocycles. The molecular weight excluding hydrogens is 825 g/mol. The fourth-order valence-corrected chi connectivity index (χ4v) is 10.4. The van der Waals surface area contributed by atoms with Crippen molar-refractivity contribution in [2.75, 3.05) is 27.4 Å². The second kappa shape index (κ2) is 18.5. The molecule has 7 atom stereocenters.